The Morgan fingerprint density at radius 3 is 2.42 bits per heavy atom. The van der Waals surface area contributed by atoms with E-state index >= 15 is 0 Å². The van der Waals surface area contributed by atoms with Gasteiger partial charge in [0.15, 0.2) is 0 Å². The first kappa shape index (κ1) is 15.2. The maximum Gasteiger partial charge on any atom is 0.351 e. The van der Waals surface area contributed by atoms with E-state index in [-0.39, 0.29) is 17.6 Å². The molecule has 2 aromatic carbocycles. The van der Waals surface area contributed by atoms with E-state index in [0.29, 0.717) is 5.56 Å². The van der Waals surface area contributed by atoms with E-state index in [1.54, 1.807) is 12.1 Å². The van der Waals surface area contributed by atoms with Crippen LogP contribution in [0.3, 0.4) is 0 Å². The Morgan fingerprint density at radius 2 is 1.71 bits per heavy atom. The van der Waals surface area contributed by atoms with Crippen LogP contribution in [0.2, 0.25) is 0 Å². The molecular weight excluding hydrogens is 310 g/mol. The number of nitrogens with zero attached hydrogens (tertiary/aromatic N) is 2. The molecule has 24 heavy (non-hydrogen) atoms. The quantitative estimate of drug-likeness (QED) is 0.582. The van der Waals surface area contributed by atoms with Crippen LogP contribution in [0.15, 0.2) is 59.4 Å². The first-order valence-electron chi connectivity index (χ1n) is 7.01. The molecule has 3 rings (SSSR count). The summed E-state index contributed by atoms with van der Waals surface area (Å²) in [5, 5.41) is 14.6. The number of para-hydroxylation sites is 1. The topological polar surface area (TPSA) is 120 Å². The van der Waals surface area contributed by atoms with Crippen LogP contribution in [0.5, 0.6) is 5.75 Å². The first-order chi connectivity index (χ1) is 11.6. The molecule has 0 bridgehead atoms. The molecule has 0 aliphatic rings. The smallest absolute Gasteiger partial charge is 0.351 e. The van der Waals surface area contributed by atoms with Crippen molar-refractivity contribution in [2.24, 2.45) is 0 Å². The van der Waals surface area contributed by atoms with Gasteiger partial charge in [0.2, 0.25) is 11.9 Å². The highest BCUT2D eigenvalue weighted by Gasteiger charge is 2.10. The van der Waals surface area contributed by atoms with E-state index in [1.807, 2.05) is 18.2 Å². The zero-order chi connectivity index (χ0) is 16.9. The minimum Gasteiger partial charge on any atom is -0.508 e. The summed E-state index contributed by atoms with van der Waals surface area (Å²) in [6.45, 7) is 0. The third-order valence-corrected chi connectivity index (χ3v) is 3.04. The normalized spacial score (nSPS) is 10.2. The van der Waals surface area contributed by atoms with Gasteiger partial charge < -0.3 is 10.4 Å². The highest BCUT2D eigenvalue weighted by Crippen LogP contribution is 2.13. The Labute approximate surface area is 136 Å². The molecule has 0 atom stereocenters. The monoisotopic (exact) mass is 323 g/mol. The minimum absolute atomic E-state index is 0.0494. The van der Waals surface area contributed by atoms with E-state index in [9.17, 15) is 14.7 Å². The van der Waals surface area contributed by atoms with Crippen molar-refractivity contribution in [2.75, 3.05) is 10.6 Å². The molecule has 4 N–H and O–H groups in total. The SMILES string of the molecule is O=C(Nc1nc(Nc2ccccc2)[nH]c(=O)n1)c1ccc(O)cc1. The van der Waals surface area contributed by atoms with Gasteiger partial charge in [0.05, 0.1) is 0 Å². The predicted octanol–water partition coefficient (Wildman–Crippen LogP) is 1.87. The summed E-state index contributed by atoms with van der Waals surface area (Å²) in [6, 6.07) is 14.8. The second-order valence-corrected chi connectivity index (χ2v) is 4.82. The predicted molar refractivity (Wildman–Crippen MR) is 88.4 cm³/mol. The van der Waals surface area contributed by atoms with Crippen LogP contribution in [0.1, 0.15) is 10.4 Å². The molecule has 3 aromatic rings. The van der Waals surface area contributed by atoms with E-state index in [0.717, 1.165) is 5.69 Å². The standard InChI is InChI=1S/C16H13N5O3/c22-12-8-6-10(7-9-12)13(23)18-15-19-14(20-16(24)21-15)17-11-4-2-1-3-5-11/h1-9,22H,(H3,17,18,19,20,21,23,24). The van der Waals surface area contributed by atoms with Crippen LogP contribution in [0.4, 0.5) is 17.6 Å². The van der Waals surface area contributed by atoms with Crippen LogP contribution in [-0.4, -0.2) is 26.0 Å². The number of aromatic amines is 1. The lowest BCUT2D eigenvalue weighted by Gasteiger charge is -2.07. The van der Waals surface area contributed by atoms with Crippen LogP contribution < -0.4 is 16.3 Å². The maximum atomic E-state index is 12.1. The number of nitrogens with one attached hydrogen (secondary N) is 3. The number of anilines is 3. The number of carbonyl (C=O) groups is 1. The van der Waals surface area contributed by atoms with E-state index in [1.165, 1.54) is 24.3 Å². The van der Waals surface area contributed by atoms with Crippen LogP contribution >= 0.6 is 0 Å². The van der Waals surface area contributed by atoms with E-state index < -0.39 is 11.6 Å². The number of carbonyl (C=O) groups excluding carboxylic acids is 1. The number of phenols is 1. The van der Waals surface area contributed by atoms with Crippen LogP contribution in [0.25, 0.3) is 0 Å². The number of aromatic nitrogens is 3. The number of aromatic hydroxyl groups is 1. The van der Waals surface area contributed by atoms with Gasteiger partial charge in [0.1, 0.15) is 5.75 Å². The molecular formula is C16H13N5O3. The lowest BCUT2D eigenvalue weighted by atomic mass is 10.2. The Kier molecular flexibility index (Phi) is 4.19. The molecule has 0 saturated heterocycles. The molecule has 1 heterocycles. The number of H-pyrrole nitrogens is 1. The van der Waals surface area contributed by atoms with Gasteiger partial charge in [-0.3, -0.25) is 15.1 Å². The van der Waals surface area contributed by atoms with Gasteiger partial charge in [-0.1, -0.05) is 18.2 Å². The lowest BCUT2D eigenvalue weighted by Crippen LogP contribution is -2.21. The number of benzene rings is 2. The van der Waals surface area contributed by atoms with Crippen molar-refractivity contribution in [3.63, 3.8) is 0 Å². The second kappa shape index (κ2) is 6.61. The summed E-state index contributed by atoms with van der Waals surface area (Å²) in [4.78, 5) is 33.8. The van der Waals surface area contributed by atoms with Crippen molar-refractivity contribution >= 4 is 23.5 Å². The highest BCUT2D eigenvalue weighted by molar-refractivity contribution is 6.03. The van der Waals surface area contributed by atoms with Gasteiger partial charge >= 0.3 is 5.69 Å². The average molecular weight is 323 g/mol. The molecule has 8 nitrogen and oxygen atoms in total. The number of hydrogen-bond donors (Lipinski definition) is 4. The summed E-state index contributed by atoms with van der Waals surface area (Å²) >= 11 is 0. The molecule has 8 heteroatoms. The van der Waals surface area contributed by atoms with Crippen molar-refractivity contribution in [2.45, 2.75) is 0 Å². The fourth-order valence-corrected chi connectivity index (χ4v) is 1.94. The number of rotatable bonds is 4. The summed E-state index contributed by atoms with van der Waals surface area (Å²) in [5.41, 5.74) is 0.376. The molecule has 0 saturated carbocycles. The van der Waals surface area contributed by atoms with Crippen molar-refractivity contribution in [3.05, 3.63) is 70.6 Å². The van der Waals surface area contributed by atoms with Gasteiger partial charge in [-0.05, 0) is 36.4 Å². The number of hydrogen-bond acceptors (Lipinski definition) is 6. The molecule has 0 radical (unpaired) electrons. The summed E-state index contributed by atoms with van der Waals surface area (Å²) < 4.78 is 0. The van der Waals surface area contributed by atoms with Gasteiger partial charge in [-0.15, -0.1) is 0 Å². The Bertz CT molecular complexity index is 907. The highest BCUT2D eigenvalue weighted by atomic mass is 16.3. The summed E-state index contributed by atoms with van der Waals surface area (Å²) in [6.07, 6.45) is 0. The molecule has 0 unspecified atom stereocenters. The molecule has 1 aromatic heterocycles. The molecule has 1 amide bonds. The van der Waals surface area contributed by atoms with Gasteiger partial charge in [0, 0.05) is 11.3 Å². The lowest BCUT2D eigenvalue weighted by molar-refractivity contribution is 0.102. The summed E-state index contributed by atoms with van der Waals surface area (Å²) in [5.74, 6) is -0.419. The van der Waals surface area contributed by atoms with Crippen LogP contribution in [-0.2, 0) is 0 Å². The largest absolute Gasteiger partial charge is 0.508 e. The Morgan fingerprint density at radius 1 is 1.00 bits per heavy atom. The van der Waals surface area contributed by atoms with Gasteiger partial charge in [-0.25, -0.2) is 4.79 Å². The molecule has 0 fully saturated rings. The van der Waals surface area contributed by atoms with Gasteiger partial charge in [-0.2, -0.15) is 9.97 Å². The van der Waals surface area contributed by atoms with E-state index in [4.69, 9.17) is 0 Å². The van der Waals surface area contributed by atoms with Crippen molar-refractivity contribution in [1.29, 1.82) is 0 Å². The van der Waals surface area contributed by atoms with Gasteiger partial charge in [0.25, 0.3) is 5.91 Å². The maximum absolute atomic E-state index is 12.1. The second-order valence-electron chi connectivity index (χ2n) is 4.82. The van der Waals surface area contributed by atoms with Crippen molar-refractivity contribution in [3.8, 4) is 5.75 Å². The molecule has 120 valence electrons. The van der Waals surface area contributed by atoms with Crippen molar-refractivity contribution in [1.82, 2.24) is 15.0 Å². The first-order valence-corrected chi connectivity index (χ1v) is 7.01. The Hall–Kier alpha value is -3.68. The number of amides is 1. The summed E-state index contributed by atoms with van der Waals surface area (Å²) in [7, 11) is 0. The molecule has 0 spiro atoms. The number of phenolic OH excluding ortho intramolecular Hbond substituents is 1. The molecule has 0 aliphatic heterocycles. The zero-order valence-corrected chi connectivity index (χ0v) is 12.4. The third-order valence-electron chi connectivity index (χ3n) is 3.04. The fourth-order valence-electron chi connectivity index (χ4n) is 1.94. The van der Waals surface area contributed by atoms with Crippen LogP contribution in [0, 0.1) is 0 Å². The molecule has 0 aliphatic carbocycles. The Balaban J connectivity index is 1.79. The minimum atomic E-state index is -0.649. The third kappa shape index (κ3) is 3.74. The zero-order valence-electron chi connectivity index (χ0n) is 12.4. The average Bonchev–Trinajstić information content (AvgIpc) is 2.55. The van der Waals surface area contributed by atoms with E-state index in [2.05, 4.69) is 25.6 Å². The van der Waals surface area contributed by atoms with Crippen molar-refractivity contribution < 1.29 is 9.90 Å². The fraction of sp³-hybridized carbons (Fsp3) is 0.